The first kappa shape index (κ1) is 23.9. The third-order valence-corrected chi connectivity index (χ3v) is 7.38. The molecule has 0 radical (unpaired) electrons. The number of carbonyl (C=O) groups excluding carboxylic acids is 2. The average molecular weight is 549 g/mol. The number of hydrogen-bond donors (Lipinski definition) is 1. The zero-order valence-electron chi connectivity index (χ0n) is 20.1. The fourth-order valence-electron chi connectivity index (χ4n) is 4.53. The van der Waals surface area contributed by atoms with Crippen LogP contribution in [0, 0.1) is 6.92 Å². The van der Waals surface area contributed by atoms with E-state index in [1.54, 1.807) is 18.2 Å². The Bertz CT molecular complexity index is 1400. The SMILES string of the molecule is Cc1cc(/C(O)=C2\C(=O)C(=O)N(Cc3ccc4c(c3)OCO4)C2c2ccc(N(C)C)cc2)ccc1Br. The minimum Gasteiger partial charge on any atom is -0.507 e. The second-order valence-corrected chi connectivity index (χ2v) is 9.92. The number of nitrogens with zero attached hydrogens (tertiary/aromatic N) is 2. The van der Waals surface area contributed by atoms with Crippen LogP contribution in [-0.2, 0) is 16.1 Å². The van der Waals surface area contributed by atoms with Gasteiger partial charge < -0.3 is 24.4 Å². The van der Waals surface area contributed by atoms with Crippen molar-refractivity contribution in [3.63, 3.8) is 0 Å². The molecule has 1 saturated heterocycles. The summed E-state index contributed by atoms with van der Waals surface area (Å²) in [7, 11) is 3.88. The zero-order valence-corrected chi connectivity index (χ0v) is 21.7. The van der Waals surface area contributed by atoms with Crippen LogP contribution in [0.2, 0.25) is 0 Å². The Kier molecular flexibility index (Phi) is 6.22. The lowest BCUT2D eigenvalue weighted by Gasteiger charge is -2.26. The molecule has 2 aliphatic rings. The molecule has 0 spiro atoms. The summed E-state index contributed by atoms with van der Waals surface area (Å²) in [4.78, 5) is 30.1. The number of hydrogen-bond acceptors (Lipinski definition) is 6. The fourth-order valence-corrected chi connectivity index (χ4v) is 4.77. The molecule has 7 nitrogen and oxygen atoms in total. The molecule has 5 rings (SSSR count). The van der Waals surface area contributed by atoms with E-state index in [4.69, 9.17) is 9.47 Å². The summed E-state index contributed by atoms with van der Waals surface area (Å²) >= 11 is 3.47. The van der Waals surface area contributed by atoms with E-state index >= 15 is 0 Å². The van der Waals surface area contributed by atoms with Gasteiger partial charge in [-0.05, 0) is 60.0 Å². The number of halogens is 1. The van der Waals surface area contributed by atoms with Crippen LogP contribution in [0.4, 0.5) is 5.69 Å². The maximum Gasteiger partial charge on any atom is 0.295 e. The molecule has 1 unspecified atom stereocenters. The number of Topliss-reactive ketones (excluding diaryl/α,β-unsaturated/α-hetero) is 1. The molecular weight excluding hydrogens is 524 g/mol. The third-order valence-electron chi connectivity index (χ3n) is 6.49. The topological polar surface area (TPSA) is 79.3 Å². The highest BCUT2D eigenvalue weighted by Gasteiger charge is 2.46. The van der Waals surface area contributed by atoms with E-state index in [0.29, 0.717) is 17.1 Å². The van der Waals surface area contributed by atoms with Gasteiger partial charge in [0.15, 0.2) is 11.5 Å². The normalized spacial score (nSPS) is 18.1. The van der Waals surface area contributed by atoms with Gasteiger partial charge in [0.2, 0.25) is 6.79 Å². The van der Waals surface area contributed by atoms with Crippen molar-refractivity contribution in [3.05, 3.63) is 93.0 Å². The number of ketones is 1. The number of aliphatic hydroxyl groups excluding tert-OH is 1. The average Bonchev–Trinajstić information content (AvgIpc) is 3.43. The van der Waals surface area contributed by atoms with Gasteiger partial charge >= 0.3 is 0 Å². The minimum atomic E-state index is -0.754. The number of aryl methyl sites for hydroxylation is 1. The van der Waals surface area contributed by atoms with Crippen molar-refractivity contribution in [1.82, 2.24) is 4.90 Å². The lowest BCUT2D eigenvalue weighted by molar-refractivity contribution is -0.140. The molecule has 1 N–H and O–H groups in total. The van der Waals surface area contributed by atoms with E-state index in [2.05, 4.69) is 15.9 Å². The number of likely N-dealkylation sites (tertiary alicyclic amines) is 1. The molecule has 2 heterocycles. The molecule has 36 heavy (non-hydrogen) atoms. The number of amides is 1. The van der Waals surface area contributed by atoms with Crippen LogP contribution < -0.4 is 14.4 Å². The summed E-state index contributed by atoms with van der Waals surface area (Å²) in [6.45, 7) is 2.21. The molecule has 3 aromatic carbocycles. The number of ether oxygens (including phenoxy) is 2. The Balaban J connectivity index is 1.62. The van der Waals surface area contributed by atoms with Crippen molar-refractivity contribution in [2.24, 2.45) is 0 Å². The van der Waals surface area contributed by atoms with Crippen molar-refractivity contribution in [1.29, 1.82) is 0 Å². The Hall–Kier alpha value is -3.78. The second-order valence-electron chi connectivity index (χ2n) is 9.06. The highest BCUT2D eigenvalue weighted by atomic mass is 79.9. The summed E-state index contributed by atoms with van der Waals surface area (Å²) in [6.07, 6.45) is 0. The van der Waals surface area contributed by atoms with Crippen LogP contribution in [0.25, 0.3) is 5.76 Å². The van der Waals surface area contributed by atoms with Gasteiger partial charge in [-0.3, -0.25) is 9.59 Å². The molecule has 2 aliphatic heterocycles. The van der Waals surface area contributed by atoms with E-state index in [9.17, 15) is 14.7 Å². The molecule has 184 valence electrons. The zero-order chi connectivity index (χ0) is 25.6. The Labute approximate surface area is 217 Å². The van der Waals surface area contributed by atoms with Crippen molar-refractivity contribution in [2.75, 3.05) is 25.8 Å². The van der Waals surface area contributed by atoms with Crippen LogP contribution in [0.3, 0.4) is 0 Å². The first-order valence-electron chi connectivity index (χ1n) is 11.5. The highest BCUT2D eigenvalue weighted by molar-refractivity contribution is 9.10. The molecule has 8 heteroatoms. The molecule has 1 amide bonds. The summed E-state index contributed by atoms with van der Waals surface area (Å²) in [5.74, 6) is -0.331. The Morgan fingerprint density at radius 3 is 2.44 bits per heavy atom. The summed E-state index contributed by atoms with van der Waals surface area (Å²) in [5, 5.41) is 11.3. The van der Waals surface area contributed by atoms with Gasteiger partial charge in [0.1, 0.15) is 5.76 Å². The van der Waals surface area contributed by atoms with Gasteiger partial charge in [0.25, 0.3) is 11.7 Å². The molecule has 0 aliphatic carbocycles. The predicted molar refractivity (Wildman–Crippen MR) is 140 cm³/mol. The van der Waals surface area contributed by atoms with E-state index in [1.807, 2.05) is 68.4 Å². The Morgan fingerprint density at radius 2 is 1.75 bits per heavy atom. The molecular formula is C28H25BrN2O5. The van der Waals surface area contributed by atoms with Crippen LogP contribution in [0.5, 0.6) is 11.5 Å². The smallest absolute Gasteiger partial charge is 0.295 e. The number of fused-ring (bicyclic) bond motifs is 1. The molecule has 0 saturated carbocycles. The molecule has 3 aromatic rings. The maximum absolute atomic E-state index is 13.3. The van der Waals surface area contributed by atoms with Crippen molar-refractivity contribution in [2.45, 2.75) is 19.5 Å². The van der Waals surface area contributed by atoms with Gasteiger partial charge in [0, 0.05) is 36.4 Å². The highest BCUT2D eigenvalue weighted by Crippen LogP contribution is 2.42. The van der Waals surface area contributed by atoms with Crippen LogP contribution in [-0.4, -0.2) is 42.6 Å². The van der Waals surface area contributed by atoms with Crippen molar-refractivity contribution >= 4 is 39.1 Å². The minimum absolute atomic E-state index is 0.0695. The summed E-state index contributed by atoms with van der Waals surface area (Å²) < 4.78 is 11.8. The molecule has 0 aromatic heterocycles. The third kappa shape index (κ3) is 4.22. The lowest BCUT2D eigenvalue weighted by atomic mass is 9.94. The first-order valence-corrected chi connectivity index (χ1v) is 12.2. The Morgan fingerprint density at radius 1 is 1.03 bits per heavy atom. The molecule has 0 bridgehead atoms. The number of aliphatic hydroxyl groups is 1. The first-order chi connectivity index (χ1) is 17.2. The lowest BCUT2D eigenvalue weighted by Crippen LogP contribution is -2.29. The van der Waals surface area contributed by atoms with E-state index in [-0.39, 0.29) is 24.7 Å². The summed E-state index contributed by atoms with van der Waals surface area (Å²) in [5.41, 5.74) is 3.95. The maximum atomic E-state index is 13.3. The number of rotatable bonds is 5. The number of benzene rings is 3. The van der Waals surface area contributed by atoms with Gasteiger partial charge in [-0.15, -0.1) is 0 Å². The van der Waals surface area contributed by atoms with Gasteiger partial charge in [0.05, 0.1) is 11.6 Å². The quantitative estimate of drug-likeness (QED) is 0.269. The van der Waals surface area contributed by atoms with Gasteiger partial charge in [-0.2, -0.15) is 0 Å². The number of carbonyl (C=O) groups is 2. The molecule has 1 atom stereocenters. The van der Waals surface area contributed by atoms with E-state index in [0.717, 1.165) is 26.9 Å². The van der Waals surface area contributed by atoms with Crippen LogP contribution >= 0.6 is 15.9 Å². The monoisotopic (exact) mass is 548 g/mol. The van der Waals surface area contributed by atoms with Crippen molar-refractivity contribution in [3.8, 4) is 11.5 Å². The fraction of sp³-hybridized carbons (Fsp3) is 0.214. The van der Waals surface area contributed by atoms with E-state index < -0.39 is 17.7 Å². The largest absolute Gasteiger partial charge is 0.507 e. The second kappa shape index (κ2) is 9.35. The van der Waals surface area contributed by atoms with Gasteiger partial charge in [-0.1, -0.05) is 40.2 Å². The summed E-state index contributed by atoms with van der Waals surface area (Å²) in [6, 6.07) is 17.7. The van der Waals surface area contributed by atoms with Crippen LogP contribution in [0.15, 0.2) is 70.7 Å². The van der Waals surface area contributed by atoms with Gasteiger partial charge in [-0.25, -0.2) is 0 Å². The standard InChI is InChI=1S/C28H25BrN2O5/c1-16-12-19(7-10-21(16)29)26(32)24-25(18-5-8-20(9-6-18)30(2)3)31(28(34)27(24)33)14-17-4-11-22-23(13-17)36-15-35-22/h4-13,25,32H,14-15H2,1-3H3/b26-24+. The molecule has 1 fully saturated rings. The van der Waals surface area contributed by atoms with Crippen molar-refractivity contribution < 1.29 is 24.2 Å². The predicted octanol–water partition coefficient (Wildman–Crippen LogP) is 5.17. The number of anilines is 1. The van der Waals surface area contributed by atoms with Crippen LogP contribution in [0.1, 0.15) is 28.3 Å². The van der Waals surface area contributed by atoms with E-state index in [1.165, 1.54) is 4.90 Å².